The number of ether oxygens (including phenoxy) is 1. The van der Waals surface area contributed by atoms with Crippen molar-refractivity contribution in [2.75, 3.05) is 7.11 Å². The summed E-state index contributed by atoms with van der Waals surface area (Å²) in [6.07, 6.45) is 0. The molecule has 11 heavy (non-hydrogen) atoms. The van der Waals surface area contributed by atoms with Gasteiger partial charge >= 0.3 is 5.97 Å². The minimum absolute atomic E-state index is 0.333. The molecule has 0 aromatic rings. The standard InChI is InChI=1S/C5H8O2.CH5N3/c1-4(2)5(6)7-3;2-1(3)4/h1H2,2-3H3;(H5,2,3,4). The molecule has 0 saturated carbocycles. The second-order valence-corrected chi connectivity index (χ2v) is 1.73. The molecular weight excluding hydrogens is 146 g/mol. The maximum atomic E-state index is 10.2. The molecular formula is C6H13N3O2. The molecule has 5 nitrogen and oxygen atoms in total. The van der Waals surface area contributed by atoms with E-state index in [1.54, 1.807) is 6.92 Å². The number of esters is 1. The van der Waals surface area contributed by atoms with Crippen molar-refractivity contribution in [2.24, 2.45) is 11.5 Å². The molecule has 5 heteroatoms. The zero-order valence-corrected chi connectivity index (χ0v) is 6.68. The molecule has 0 aromatic carbocycles. The van der Waals surface area contributed by atoms with Crippen LogP contribution in [-0.4, -0.2) is 19.0 Å². The Morgan fingerprint density at radius 2 is 1.82 bits per heavy atom. The quantitative estimate of drug-likeness (QED) is 0.209. The molecule has 64 valence electrons. The predicted molar refractivity (Wildman–Crippen MR) is 42.9 cm³/mol. The van der Waals surface area contributed by atoms with E-state index in [1.807, 2.05) is 0 Å². The van der Waals surface area contributed by atoms with Gasteiger partial charge in [-0.15, -0.1) is 0 Å². The summed E-state index contributed by atoms with van der Waals surface area (Å²) in [5.41, 5.74) is 9.38. The summed E-state index contributed by atoms with van der Waals surface area (Å²) in [7, 11) is 1.33. The minimum atomic E-state index is -0.347. The molecule has 0 spiro atoms. The van der Waals surface area contributed by atoms with Crippen LogP contribution in [0, 0.1) is 5.41 Å². The number of guanidine groups is 1. The van der Waals surface area contributed by atoms with E-state index in [4.69, 9.17) is 5.41 Å². The molecule has 0 atom stereocenters. The Morgan fingerprint density at radius 1 is 1.55 bits per heavy atom. The Morgan fingerprint density at radius 3 is 1.82 bits per heavy atom. The van der Waals surface area contributed by atoms with Crippen LogP contribution in [0.25, 0.3) is 0 Å². The highest BCUT2D eigenvalue weighted by Gasteiger charge is 1.95. The van der Waals surface area contributed by atoms with Crippen molar-refractivity contribution >= 4 is 11.9 Å². The van der Waals surface area contributed by atoms with Crippen molar-refractivity contribution in [3.05, 3.63) is 12.2 Å². The minimum Gasteiger partial charge on any atom is -0.466 e. The number of carbonyl (C=O) groups is 1. The molecule has 0 rings (SSSR count). The van der Waals surface area contributed by atoms with Crippen molar-refractivity contribution in [1.82, 2.24) is 0 Å². The molecule has 0 amide bonds. The average Bonchev–Trinajstić information content (AvgIpc) is 1.85. The van der Waals surface area contributed by atoms with Gasteiger partial charge in [-0.2, -0.15) is 0 Å². The van der Waals surface area contributed by atoms with Crippen LogP contribution in [-0.2, 0) is 9.53 Å². The van der Waals surface area contributed by atoms with Crippen LogP contribution >= 0.6 is 0 Å². The molecule has 0 saturated heterocycles. The van der Waals surface area contributed by atoms with E-state index < -0.39 is 0 Å². The second kappa shape index (κ2) is 6.60. The van der Waals surface area contributed by atoms with Gasteiger partial charge in [-0.05, 0) is 6.92 Å². The van der Waals surface area contributed by atoms with E-state index in [0.717, 1.165) is 0 Å². The highest BCUT2D eigenvalue weighted by molar-refractivity contribution is 5.86. The van der Waals surface area contributed by atoms with Gasteiger partial charge in [0.1, 0.15) is 0 Å². The van der Waals surface area contributed by atoms with Crippen molar-refractivity contribution in [2.45, 2.75) is 6.92 Å². The lowest BCUT2D eigenvalue weighted by Gasteiger charge is -1.91. The van der Waals surface area contributed by atoms with Gasteiger partial charge < -0.3 is 16.2 Å². The maximum Gasteiger partial charge on any atom is 0.332 e. The Bertz CT molecular complexity index is 161. The highest BCUT2D eigenvalue weighted by Crippen LogP contribution is 1.87. The first-order valence-electron chi connectivity index (χ1n) is 2.75. The van der Waals surface area contributed by atoms with E-state index in [2.05, 4.69) is 22.8 Å². The van der Waals surface area contributed by atoms with Crippen LogP contribution < -0.4 is 11.5 Å². The summed E-state index contributed by atoms with van der Waals surface area (Å²) >= 11 is 0. The molecule has 0 bridgehead atoms. The summed E-state index contributed by atoms with van der Waals surface area (Å²) in [4.78, 5) is 10.2. The molecule has 5 N–H and O–H groups in total. The number of hydrogen-bond donors (Lipinski definition) is 3. The fourth-order valence-corrected chi connectivity index (χ4v) is 0.174. The lowest BCUT2D eigenvalue weighted by Crippen LogP contribution is -2.20. The van der Waals surface area contributed by atoms with Crippen molar-refractivity contribution < 1.29 is 9.53 Å². The number of rotatable bonds is 1. The number of carbonyl (C=O) groups excluding carboxylic acids is 1. The highest BCUT2D eigenvalue weighted by atomic mass is 16.5. The lowest BCUT2D eigenvalue weighted by molar-refractivity contribution is -0.136. The normalized spacial score (nSPS) is 7.09. The van der Waals surface area contributed by atoms with Crippen molar-refractivity contribution in [3.8, 4) is 0 Å². The summed E-state index contributed by atoms with van der Waals surface area (Å²) in [6.45, 7) is 4.95. The summed E-state index contributed by atoms with van der Waals surface area (Å²) in [6, 6.07) is 0. The third-order valence-corrected chi connectivity index (χ3v) is 0.534. The fraction of sp³-hybridized carbons (Fsp3) is 0.333. The van der Waals surface area contributed by atoms with Crippen LogP contribution in [0.1, 0.15) is 6.92 Å². The zero-order chi connectivity index (χ0) is 9.44. The Hall–Kier alpha value is -1.52. The van der Waals surface area contributed by atoms with Gasteiger partial charge in [0.05, 0.1) is 7.11 Å². The first-order chi connectivity index (χ1) is 4.91. The topological polar surface area (TPSA) is 102 Å². The lowest BCUT2D eigenvalue weighted by atomic mass is 10.4. The Balaban J connectivity index is 0. The maximum absolute atomic E-state index is 10.2. The summed E-state index contributed by atoms with van der Waals surface area (Å²) < 4.78 is 4.27. The predicted octanol–water partition coefficient (Wildman–Crippen LogP) is -0.426. The molecule has 0 heterocycles. The monoisotopic (exact) mass is 159 g/mol. The van der Waals surface area contributed by atoms with Crippen LogP contribution in [0.2, 0.25) is 0 Å². The van der Waals surface area contributed by atoms with Gasteiger partial charge in [0, 0.05) is 5.57 Å². The van der Waals surface area contributed by atoms with Crippen LogP contribution in [0.15, 0.2) is 12.2 Å². The van der Waals surface area contributed by atoms with Gasteiger partial charge in [-0.3, -0.25) is 5.41 Å². The number of hydrogen-bond acceptors (Lipinski definition) is 3. The second-order valence-electron chi connectivity index (χ2n) is 1.73. The largest absolute Gasteiger partial charge is 0.466 e. The average molecular weight is 159 g/mol. The number of methoxy groups -OCH3 is 1. The smallest absolute Gasteiger partial charge is 0.332 e. The van der Waals surface area contributed by atoms with Crippen molar-refractivity contribution in [1.29, 1.82) is 5.41 Å². The van der Waals surface area contributed by atoms with Gasteiger partial charge in [-0.25, -0.2) is 4.79 Å². The van der Waals surface area contributed by atoms with Gasteiger partial charge in [0.15, 0.2) is 5.96 Å². The van der Waals surface area contributed by atoms with E-state index >= 15 is 0 Å². The van der Waals surface area contributed by atoms with Crippen LogP contribution in [0.5, 0.6) is 0 Å². The third kappa shape index (κ3) is 17.7. The van der Waals surface area contributed by atoms with Crippen LogP contribution in [0.3, 0.4) is 0 Å². The van der Waals surface area contributed by atoms with Gasteiger partial charge in [0.25, 0.3) is 0 Å². The molecule has 0 unspecified atom stereocenters. The van der Waals surface area contributed by atoms with Crippen LogP contribution in [0.4, 0.5) is 0 Å². The SMILES string of the molecule is C=C(C)C(=O)OC.N=C(N)N. The molecule has 0 fully saturated rings. The fourth-order valence-electron chi connectivity index (χ4n) is 0.174. The Labute approximate surface area is 65.5 Å². The van der Waals surface area contributed by atoms with Gasteiger partial charge in [-0.1, -0.05) is 6.58 Å². The molecule has 0 aliphatic rings. The molecule has 0 aromatic heterocycles. The van der Waals surface area contributed by atoms with E-state index in [-0.39, 0.29) is 11.9 Å². The van der Waals surface area contributed by atoms with E-state index in [9.17, 15) is 4.79 Å². The molecule has 0 radical (unpaired) electrons. The summed E-state index contributed by atoms with van der Waals surface area (Å²) in [5.74, 6) is -0.681. The summed E-state index contributed by atoms with van der Waals surface area (Å²) in [5, 5.41) is 6.06. The van der Waals surface area contributed by atoms with Crippen molar-refractivity contribution in [3.63, 3.8) is 0 Å². The number of nitrogens with one attached hydrogen (secondary N) is 1. The first-order valence-corrected chi connectivity index (χ1v) is 2.75. The van der Waals surface area contributed by atoms with E-state index in [1.165, 1.54) is 7.11 Å². The van der Waals surface area contributed by atoms with E-state index in [0.29, 0.717) is 5.57 Å². The first kappa shape index (κ1) is 12.2. The van der Waals surface area contributed by atoms with Gasteiger partial charge in [0.2, 0.25) is 0 Å². The zero-order valence-electron chi connectivity index (χ0n) is 6.68. The Kier molecular flexibility index (Phi) is 7.31. The third-order valence-electron chi connectivity index (χ3n) is 0.534. The number of nitrogens with two attached hydrogens (primary N) is 2. The molecule has 0 aliphatic carbocycles. The molecule has 0 aliphatic heterocycles.